The van der Waals surface area contributed by atoms with E-state index in [1.807, 2.05) is 0 Å². The van der Waals surface area contributed by atoms with Gasteiger partial charge in [0, 0.05) is 16.5 Å². The Bertz CT molecular complexity index is 459. The molecule has 0 saturated carbocycles. The standard InChI is InChI=1S/C11H14ClN5O/c12-9-4-1-3-8(7-9)10(11(13)18)15-5-2-6-16-17-14/h1,3-4,7,10,15H,2,5-6H2,(H2,13,18). The molecule has 0 bridgehead atoms. The van der Waals surface area contributed by atoms with E-state index in [0.29, 0.717) is 24.5 Å². The molecule has 0 radical (unpaired) electrons. The van der Waals surface area contributed by atoms with Crippen molar-refractivity contribution in [3.05, 3.63) is 45.3 Å². The van der Waals surface area contributed by atoms with Gasteiger partial charge in [0.25, 0.3) is 0 Å². The van der Waals surface area contributed by atoms with Crippen molar-refractivity contribution < 1.29 is 4.79 Å². The molecule has 18 heavy (non-hydrogen) atoms. The van der Waals surface area contributed by atoms with E-state index >= 15 is 0 Å². The molecule has 0 fully saturated rings. The number of carbonyl (C=O) groups is 1. The van der Waals surface area contributed by atoms with Gasteiger partial charge >= 0.3 is 0 Å². The fourth-order valence-electron chi connectivity index (χ4n) is 1.51. The van der Waals surface area contributed by atoms with Gasteiger partial charge in [-0.2, -0.15) is 0 Å². The van der Waals surface area contributed by atoms with Gasteiger partial charge in [-0.3, -0.25) is 4.79 Å². The highest BCUT2D eigenvalue weighted by molar-refractivity contribution is 6.30. The van der Waals surface area contributed by atoms with Crippen LogP contribution in [0.3, 0.4) is 0 Å². The van der Waals surface area contributed by atoms with Gasteiger partial charge in [-0.15, -0.1) is 0 Å². The molecule has 1 unspecified atom stereocenters. The van der Waals surface area contributed by atoms with Gasteiger partial charge in [0.1, 0.15) is 6.04 Å². The maximum Gasteiger partial charge on any atom is 0.239 e. The Morgan fingerprint density at radius 1 is 1.61 bits per heavy atom. The number of nitrogens with zero attached hydrogens (tertiary/aromatic N) is 3. The SMILES string of the molecule is [N-]=[N+]=NCCCNC(C(N)=O)c1cccc(Cl)c1. The predicted molar refractivity (Wildman–Crippen MR) is 70.0 cm³/mol. The molecular weight excluding hydrogens is 254 g/mol. The van der Waals surface area contributed by atoms with E-state index in [-0.39, 0.29) is 0 Å². The van der Waals surface area contributed by atoms with Crippen molar-refractivity contribution in [2.75, 3.05) is 13.1 Å². The quantitative estimate of drug-likeness (QED) is 0.342. The molecule has 1 rings (SSSR count). The molecule has 1 aromatic carbocycles. The first-order valence-corrected chi connectivity index (χ1v) is 5.82. The zero-order chi connectivity index (χ0) is 13.4. The Kier molecular flexibility index (Phi) is 6.00. The lowest BCUT2D eigenvalue weighted by Crippen LogP contribution is -2.34. The summed E-state index contributed by atoms with van der Waals surface area (Å²) in [6.45, 7) is 0.906. The minimum absolute atomic E-state index is 0.379. The molecule has 0 aromatic heterocycles. The van der Waals surface area contributed by atoms with Gasteiger partial charge in [0.15, 0.2) is 0 Å². The molecule has 96 valence electrons. The Balaban J connectivity index is 2.60. The molecule has 1 amide bonds. The van der Waals surface area contributed by atoms with Crippen LogP contribution in [0.15, 0.2) is 29.4 Å². The number of azide groups is 1. The van der Waals surface area contributed by atoms with Crippen molar-refractivity contribution in [2.45, 2.75) is 12.5 Å². The summed E-state index contributed by atoms with van der Waals surface area (Å²) in [7, 11) is 0. The number of amides is 1. The lowest BCUT2D eigenvalue weighted by molar-refractivity contribution is -0.120. The Labute approximate surface area is 110 Å². The molecule has 1 aromatic rings. The van der Waals surface area contributed by atoms with Crippen LogP contribution in [0.4, 0.5) is 0 Å². The van der Waals surface area contributed by atoms with Gasteiger partial charge in [-0.1, -0.05) is 28.8 Å². The van der Waals surface area contributed by atoms with Crippen LogP contribution in [-0.4, -0.2) is 19.0 Å². The average molecular weight is 268 g/mol. The summed E-state index contributed by atoms with van der Waals surface area (Å²) in [6.07, 6.45) is 0.633. The van der Waals surface area contributed by atoms with Crippen molar-refractivity contribution in [1.29, 1.82) is 0 Å². The highest BCUT2D eigenvalue weighted by Gasteiger charge is 2.16. The van der Waals surface area contributed by atoms with E-state index in [1.165, 1.54) is 0 Å². The van der Waals surface area contributed by atoms with Crippen LogP contribution in [0.2, 0.25) is 5.02 Å². The number of rotatable bonds is 7. The number of nitrogens with one attached hydrogen (secondary N) is 1. The predicted octanol–water partition coefficient (Wildman–Crippen LogP) is 2.16. The molecule has 0 aliphatic rings. The maximum atomic E-state index is 11.4. The van der Waals surface area contributed by atoms with E-state index in [0.717, 1.165) is 5.56 Å². The van der Waals surface area contributed by atoms with Crippen molar-refractivity contribution >= 4 is 17.5 Å². The van der Waals surface area contributed by atoms with Gasteiger partial charge < -0.3 is 11.1 Å². The number of primary amides is 1. The molecule has 7 heteroatoms. The molecule has 0 saturated heterocycles. The third-order valence-corrected chi connectivity index (χ3v) is 2.55. The largest absolute Gasteiger partial charge is 0.368 e. The van der Waals surface area contributed by atoms with Gasteiger partial charge in [-0.05, 0) is 36.2 Å². The maximum absolute atomic E-state index is 11.4. The number of hydrogen-bond donors (Lipinski definition) is 2. The van der Waals surface area contributed by atoms with Crippen molar-refractivity contribution in [2.24, 2.45) is 10.8 Å². The van der Waals surface area contributed by atoms with Crippen LogP contribution in [0.1, 0.15) is 18.0 Å². The molecule has 0 aliphatic heterocycles. The van der Waals surface area contributed by atoms with Crippen LogP contribution in [0.5, 0.6) is 0 Å². The minimum Gasteiger partial charge on any atom is -0.368 e. The lowest BCUT2D eigenvalue weighted by atomic mass is 10.1. The molecule has 3 N–H and O–H groups in total. The molecule has 0 aliphatic carbocycles. The van der Waals surface area contributed by atoms with Gasteiger partial charge in [0.05, 0.1) is 0 Å². The number of nitrogens with two attached hydrogens (primary N) is 1. The highest BCUT2D eigenvalue weighted by Crippen LogP contribution is 2.17. The zero-order valence-electron chi connectivity index (χ0n) is 9.71. The first kappa shape index (κ1) is 14.3. The lowest BCUT2D eigenvalue weighted by Gasteiger charge is -2.15. The molecular formula is C11H14ClN5O. The van der Waals surface area contributed by atoms with Gasteiger partial charge in [-0.25, -0.2) is 0 Å². The van der Waals surface area contributed by atoms with E-state index in [2.05, 4.69) is 15.3 Å². The van der Waals surface area contributed by atoms with E-state index in [1.54, 1.807) is 24.3 Å². The van der Waals surface area contributed by atoms with Gasteiger partial charge in [0.2, 0.25) is 5.91 Å². The second-order valence-corrected chi connectivity index (χ2v) is 4.09. The summed E-state index contributed by atoms with van der Waals surface area (Å²) >= 11 is 5.86. The van der Waals surface area contributed by atoms with Crippen LogP contribution in [0, 0.1) is 0 Å². The average Bonchev–Trinajstić information content (AvgIpc) is 2.33. The normalized spacial score (nSPS) is 11.6. The summed E-state index contributed by atoms with van der Waals surface area (Å²) in [6, 6.07) is 6.37. The number of benzene rings is 1. The third kappa shape index (κ3) is 4.63. The summed E-state index contributed by atoms with van der Waals surface area (Å²) < 4.78 is 0. The Hall–Kier alpha value is -1.75. The van der Waals surface area contributed by atoms with Crippen molar-refractivity contribution in [3.63, 3.8) is 0 Å². The molecule has 0 spiro atoms. The summed E-state index contributed by atoms with van der Waals surface area (Å²) in [4.78, 5) is 14.0. The first-order valence-electron chi connectivity index (χ1n) is 5.44. The van der Waals surface area contributed by atoms with Crippen LogP contribution >= 0.6 is 11.6 Å². The van der Waals surface area contributed by atoms with E-state index < -0.39 is 11.9 Å². The number of hydrogen-bond acceptors (Lipinski definition) is 3. The minimum atomic E-state index is -0.588. The van der Waals surface area contributed by atoms with Crippen molar-refractivity contribution in [3.8, 4) is 0 Å². The topological polar surface area (TPSA) is 104 Å². The first-order chi connectivity index (χ1) is 8.65. The van der Waals surface area contributed by atoms with Crippen molar-refractivity contribution in [1.82, 2.24) is 5.32 Å². The van der Waals surface area contributed by atoms with E-state index in [9.17, 15) is 4.79 Å². The third-order valence-electron chi connectivity index (χ3n) is 2.31. The summed E-state index contributed by atoms with van der Waals surface area (Å²) in [5.74, 6) is -0.471. The number of carbonyl (C=O) groups excluding carboxylic acids is 1. The number of halogens is 1. The Morgan fingerprint density at radius 3 is 3.00 bits per heavy atom. The molecule has 6 nitrogen and oxygen atoms in total. The summed E-state index contributed by atoms with van der Waals surface area (Å²) in [5.41, 5.74) is 14.2. The molecule has 0 heterocycles. The monoisotopic (exact) mass is 267 g/mol. The second-order valence-electron chi connectivity index (χ2n) is 3.65. The zero-order valence-corrected chi connectivity index (χ0v) is 10.5. The van der Waals surface area contributed by atoms with Crippen LogP contribution in [0.25, 0.3) is 10.4 Å². The second kappa shape index (κ2) is 7.55. The fraction of sp³-hybridized carbons (Fsp3) is 0.364. The fourth-order valence-corrected chi connectivity index (χ4v) is 1.71. The Morgan fingerprint density at radius 2 is 2.39 bits per heavy atom. The summed E-state index contributed by atoms with van der Waals surface area (Å²) in [5, 5.41) is 6.96. The smallest absolute Gasteiger partial charge is 0.239 e. The van der Waals surface area contributed by atoms with Crippen LogP contribution < -0.4 is 11.1 Å². The highest BCUT2D eigenvalue weighted by atomic mass is 35.5. The van der Waals surface area contributed by atoms with E-state index in [4.69, 9.17) is 22.9 Å². The van der Waals surface area contributed by atoms with Crippen LogP contribution in [-0.2, 0) is 4.79 Å². The molecule has 1 atom stereocenters.